The second-order valence-corrected chi connectivity index (χ2v) is 7.83. The molecule has 150 valence electrons. The van der Waals surface area contributed by atoms with Gasteiger partial charge >= 0.3 is 11.8 Å². The number of rotatable bonds is 5. The van der Waals surface area contributed by atoms with Crippen molar-refractivity contribution in [3.8, 4) is 5.88 Å². The highest BCUT2D eigenvalue weighted by Crippen LogP contribution is 2.28. The minimum Gasteiger partial charge on any atom is -0.475 e. The van der Waals surface area contributed by atoms with Gasteiger partial charge in [-0.1, -0.05) is 0 Å². The van der Waals surface area contributed by atoms with E-state index in [0.29, 0.717) is 31.8 Å². The van der Waals surface area contributed by atoms with E-state index in [9.17, 15) is 14.9 Å². The SMILES string of the molecule is CC(C)Oc1ccc([N+](=O)[O-])c(NC2CCN(C(=O)OC(C)(C)C)CC2)n1. The lowest BCUT2D eigenvalue weighted by atomic mass is 10.1. The van der Waals surface area contributed by atoms with Gasteiger partial charge in [0.15, 0.2) is 0 Å². The Hall–Kier alpha value is -2.58. The molecular formula is C18H28N4O5. The number of hydrogen-bond donors (Lipinski definition) is 1. The number of likely N-dealkylation sites (tertiary alicyclic amines) is 1. The van der Waals surface area contributed by atoms with Gasteiger partial charge in [-0.05, 0) is 47.5 Å². The summed E-state index contributed by atoms with van der Waals surface area (Å²) in [6, 6.07) is 2.86. The number of amides is 1. The average Bonchev–Trinajstić information content (AvgIpc) is 2.53. The molecule has 1 saturated heterocycles. The molecule has 1 aliphatic rings. The number of carbonyl (C=O) groups excluding carboxylic acids is 1. The predicted octanol–water partition coefficient (Wildman–Crippen LogP) is 3.59. The number of pyridine rings is 1. The lowest BCUT2D eigenvalue weighted by molar-refractivity contribution is -0.384. The van der Waals surface area contributed by atoms with Crippen LogP contribution in [0.4, 0.5) is 16.3 Å². The fraction of sp³-hybridized carbons (Fsp3) is 0.667. The van der Waals surface area contributed by atoms with Gasteiger partial charge in [-0.25, -0.2) is 4.79 Å². The molecule has 2 heterocycles. The van der Waals surface area contributed by atoms with Crippen molar-refractivity contribution in [3.05, 3.63) is 22.2 Å². The van der Waals surface area contributed by atoms with Gasteiger partial charge in [0, 0.05) is 31.3 Å². The zero-order valence-corrected chi connectivity index (χ0v) is 16.5. The van der Waals surface area contributed by atoms with Crippen molar-refractivity contribution in [2.75, 3.05) is 18.4 Å². The fourth-order valence-corrected chi connectivity index (χ4v) is 2.72. The minimum atomic E-state index is -0.534. The van der Waals surface area contributed by atoms with Crippen molar-refractivity contribution in [3.63, 3.8) is 0 Å². The summed E-state index contributed by atoms with van der Waals surface area (Å²) in [5.74, 6) is 0.526. The molecule has 9 heteroatoms. The molecule has 0 atom stereocenters. The molecule has 1 aromatic rings. The van der Waals surface area contributed by atoms with E-state index in [0.717, 1.165) is 0 Å². The molecule has 2 rings (SSSR count). The van der Waals surface area contributed by atoms with Crippen molar-refractivity contribution in [1.29, 1.82) is 0 Å². The molecule has 0 unspecified atom stereocenters. The molecule has 0 saturated carbocycles. The van der Waals surface area contributed by atoms with Crippen LogP contribution >= 0.6 is 0 Å². The van der Waals surface area contributed by atoms with E-state index in [4.69, 9.17) is 9.47 Å². The minimum absolute atomic E-state index is 0.0239. The summed E-state index contributed by atoms with van der Waals surface area (Å²) in [7, 11) is 0. The summed E-state index contributed by atoms with van der Waals surface area (Å²) in [5, 5.41) is 14.4. The molecule has 1 fully saturated rings. The van der Waals surface area contributed by atoms with Crippen LogP contribution in [0.2, 0.25) is 0 Å². The summed E-state index contributed by atoms with van der Waals surface area (Å²) in [4.78, 5) is 28.9. The number of anilines is 1. The van der Waals surface area contributed by atoms with Crippen LogP contribution in [-0.2, 0) is 4.74 Å². The Morgan fingerprint density at radius 1 is 1.33 bits per heavy atom. The Morgan fingerprint density at radius 2 is 1.96 bits per heavy atom. The zero-order chi connectivity index (χ0) is 20.2. The van der Waals surface area contributed by atoms with Crippen LogP contribution < -0.4 is 10.1 Å². The van der Waals surface area contributed by atoms with Gasteiger partial charge in [-0.2, -0.15) is 4.98 Å². The average molecular weight is 380 g/mol. The Morgan fingerprint density at radius 3 is 2.48 bits per heavy atom. The maximum absolute atomic E-state index is 12.1. The fourth-order valence-electron chi connectivity index (χ4n) is 2.72. The molecular weight excluding hydrogens is 352 g/mol. The van der Waals surface area contributed by atoms with Crippen molar-refractivity contribution in [2.24, 2.45) is 0 Å². The number of aromatic nitrogens is 1. The molecule has 1 aliphatic heterocycles. The second kappa shape index (κ2) is 8.41. The highest BCUT2D eigenvalue weighted by molar-refractivity contribution is 5.68. The van der Waals surface area contributed by atoms with Gasteiger partial charge in [0.05, 0.1) is 11.0 Å². The first-order chi connectivity index (χ1) is 12.5. The summed E-state index contributed by atoms with van der Waals surface area (Å²) in [6.45, 7) is 10.2. The maximum atomic E-state index is 12.1. The maximum Gasteiger partial charge on any atom is 0.410 e. The Labute approximate surface area is 159 Å². The first-order valence-corrected chi connectivity index (χ1v) is 9.11. The number of nitrogens with one attached hydrogen (secondary N) is 1. The van der Waals surface area contributed by atoms with E-state index in [1.165, 1.54) is 12.1 Å². The Balaban J connectivity index is 2.01. The Bertz CT molecular complexity index is 679. The monoisotopic (exact) mass is 380 g/mol. The smallest absolute Gasteiger partial charge is 0.410 e. The third-order valence-electron chi connectivity index (χ3n) is 3.89. The molecule has 1 aromatic heterocycles. The topological polar surface area (TPSA) is 107 Å². The molecule has 9 nitrogen and oxygen atoms in total. The highest BCUT2D eigenvalue weighted by Gasteiger charge is 2.28. The van der Waals surface area contributed by atoms with E-state index in [2.05, 4.69) is 10.3 Å². The van der Waals surface area contributed by atoms with Crippen LogP contribution in [-0.4, -0.2) is 51.7 Å². The van der Waals surface area contributed by atoms with E-state index < -0.39 is 10.5 Å². The quantitative estimate of drug-likeness (QED) is 0.614. The van der Waals surface area contributed by atoms with E-state index in [-0.39, 0.29) is 29.7 Å². The van der Waals surface area contributed by atoms with Crippen LogP contribution in [0.25, 0.3) is 0 Å². The van der Waals surface area contributed by atoms with Crippen LogP contribution in [0.5, 0.6) is 5.88 Å². The summed E-state index contributed by atoms with van der Waals surface area (Å²) < 4.78 is 10.9. The van der Waals surface area contributed by atoms with E-state index in [1.807, 2.05) is 34.6 Å². The number of piperidine rings is 1. The van der Waals surface area contributed by atoms with Gasteiger partial charge < -0.3 is 19.7 Å². The number of carbonyl (C=O) groups is 1. The van der Waals surface area contributed by atoms with Crippen LogP contribution in [0.1, 0.15) is 47.5 Å². The molecule has 0 radical (unpaired) electrons. The standard InChI is InChI=1S/C18H28N4O5/c1-12(2)26-15-7-6-14(22(24)25)16(20-15)19-13-8-10-21(11-9-13)17(23)27-18(3,4)5/h6-7,12-13H,8-11H2,1-5H3,(H,19,20). The second-order valence-electron chi connectivity index (χ2n) is 7.83. The van der Waals surface area contributed by atoms with Gasteiger partial charge in [0.2, 0.25) is 11.7 Å². The highest BCUT2D eigenvalue weighted by atomic mass is 16.6. The molecule has 27 heavy (non-hydrogen) atoms. The molecule has 0 bridgehead atoms. The summed E-state index contributed by atoms with van der Waals surface area (Å²) in [5.41, 5.74) is -0.631. The van der Waals surface area contributed by atoms with E-state index in [1.54, 1.807) is 4.90 Å². The zero-order valence-electron chi connectivity index (χ0n) is 16.5. The molecule has 1 N–H and O–H groups in total. The number of nitrogens with zero attached hydrogens (tertiary/aromatic N) is 3. The van der Waals surface area contributed by atoms with Crippen molar-refractivity contribution in [2.45, 2.75) is 65.2 Å². The normalized spacial score (nSPS) is 15.6. The number of ether oxygens (including phenoxy) is 2. The lowest BCUT2D eigenvalue weighted by Crippen LogP contribution is -2.44. The first-order valence-electron chi connectivity index (χ1n) is 9.11. The summed E-state index contributed by atoms with van der Waals surface area (Å²) >= 11 is 0. The Kier molecular flexibility index (Phi) is 6.45. The first kappa shape index (κ1) is 20.7. The van der Waals surface area contributed by atoms with Crippen molar-refractivity contribution in [1.82, 2.24) is 9.88 Å². The van der Waals surface area contributed by atoms with Gasteiger partial charge in [0.1, 0.15) is 5.60 Å². The third kappa shape index (κ3) is 6.26. The summed E-state index contributed by atoms with van der Waals surface area (Å²) in [6.07, 6.45) is 0.877. The number of nitro groups is 1. The molecule has 0 aliphatic carbocycles. The van der Waals surface area contributed by atoms with Gasteiger partial charge in [-0.3, -0.25) is 10.1 Å². The molecule has 0 spiro atoms. The predicted molar refractivity (Wildman–Crippen MR) is 101 cm³/mol. The van der Waals surface area contributed by atoms with Gasteiger partial charge in [0.25, 0.3) is 0 Å². The van der Waals surface area contributed by atoms with Crippen molar-refractivity contribution >= 4 is 17.6 Å². The van der Waals surface area contributed by atoms with Crippen LogP contribution in [0.15, 0.2) is 12.1 Å². The van der Waals surface area contributed by atoms with Crippen LogP contribution in [0.3, 0.4) is 0 Å². The molecule has 0 aromatic carbocycles. The largest absolute Gasteiger partial charge is 0.475 e. The van der Waals surface area contributed by atoms with Crippen molar-refractivity contribution < 1.29 is 19.2 Å². The van der Waals surface area contributed by atoms with E-state index >= 15 is 0 Å². The third-order valence-corrected chi connectivity index (χ3v) is 3.89. The molecule has 1 amide bonds. The lowest BCUT2D eigenvalue weighted by Gasteiger charge is -2.33. The van der Waals surface area contributed by atoms with Crippen LogP contribution in [0, 0.1) is 10.1 Å². The number of hydrogen-bond acceptors (Lipinski definition) is 7. The van der Waals surface area contributed by atoms with Gasteiger partial charge in [-0.15, -0.1) is 0 Å².